The Hall–Kier alpha value is -0.130. The van der Waals surface area contributed by atoms with Crippen LogP contribution in [0.3, 0.4) is 0 Å². The number of carbonyl (C=O) groups is 1. The van der Waals surface area contributed by atoms with E-state index in [-0.39, 0.29) is 18.6 Å². The van der Waals surface area contributed by atoms with Crippen molar-refractivity contribution in [1.82, 2.24) is 5.32 Å². The van der Waals surface area contributed by atoms with E-state index < -0.39 is 0 Å². The quantitative estimate of drug-likeness (QED) is 0.512. The third kappa shape index (κ3) is 11.8. The number of rotatable bonds is 9. The molecule has 0 aromatic rings. The van der Waals surface area contributed by atoms with Gasteiger partial charge in [-0.05, 0) is 20.3 Å². The van der Waals surface area contributed by atoms with E-state index in [2.05, 4.69) is 21.2 Å². The van der Waals surface area contributed by atoms with Crippen LogP contribution in [0.25, 0.3) is 0 Å². The minimum atomic E-state index is -0.0656. The number of amides is 1. The Labute approximate surface area is 99.8 Å². The highest BCUT2D eigenvalue weighted by Gasteiger charge is 2.01. The zero-order valence-corrected chi connectivity index (χ0v) is 11.0. The minimum absolute atomic E-state index is 0.0656. The standard InChI is InChI=1S/C10H20BrNO3/c1-9(2)15-8-10(13)12-5-3-6-14-7-4-11/h9H,3-8H2,1-2H3,(H,12,13). The maximum atomic E-state index is 11.2. The molecule has 1 N–H and O–H groups in total. The fraction of sp³-hybridized carbons (Fsp3) is 0.900. The number of ether oxygens (including phenoxy) is 2. The van der Waals surface area contributed by atoms with Crippen molar-refractivity contribution < 1.29 is 14.3 Å². The maximum absolute atomic E-state index is 11.2. The van der Waals surface area contributed by atoms with Crippen molar-refractivity contribution >= 4 is 21.8 Å². The second-order valence-corrected chi connectivity index (χ2v) is 4.16. The molecule has 0 saturated carbocycles. The minimum Gasteiger partial charge on any atom is -0.381 e. The molecule has 0 fully saturated rings. The molecule has 0 spiro atoms. The lowest BCUT2D eigenvalue weighted by atomic mass is 10.4. The zero-order valence-electron chi connectivity index (χ0n) is 9.42. The predicted octanol–water partition coefficient (Wildman–Crippen LogP) is 1.33. The van der Waals surface area contributed by atoms with Crippen molar-refractivity contribution in [2.24, 2.45) is 0 Å². The largest absolute Gasteiger partial charge is 0.381 e. The normalized spacial score (nSPS) is 10.7. The van der Waals surface area contributed by atoms with Crippen LogP contribution in [0.4, 0.5) is 0 Å². The summed E-state index contributed by atoms with van der Waals surface area (Å²) in [4.78, 5) is 11.2. The number of nitrogens with one attached hydrogen (secondary N) is 1. The third-order valence-electron chi connectivity index (χ3n) is 1.56. The summed E-state index contributed by atoms with van der Waals surface area (Å²) >= 11 is 3.26. The molecule has 0 aliphatic heterocycles. The summed E-state index contributed by atoms with van der Waals surface area (Å²) in [6.07, 6.45) is 0.929. The third-order valence-corrected chi connectivity index (χ3v) is 1.88. The Bertz CT molecular complexity index is 165. The van der Waals surface area contributed by atoms with Crippen molar-refractivity contribution in [3.63, 3.8) is 0 Å². The molecule has 1 amide bonds. The molecule has 0 aliphatic rings. The average Bonchev–Trinajstić information content (AvgIpc) is 2.20. The van der Waals surface area contributed by atoms with Crippen LogP contribution in [0.1, 0.15) is 20.3 Å². The van der Waals surface area contributed by atoms with Gasteiger partial charge in [-0.2, -0.15) is 0 Å². The number of carbonyl (C=O) groups excluding carboxylic acids is 1. The van der Waals surface area contributed by atoms with E-state index in [1.54, 1.807) is 0 Å². The SMILES string of the molecule is CC(C)OCC(=O)NCCCOCCBr. The Morgan fingerprint density at radius 3 is 2.73 bits per heavy atom. The molecule has 0 rings (SSSR count). The van der Waals surface area contributed by atoms with Gasteiger partial charge < -0.3 is 14.8 Å². The molecule has 0 aromatic heterocycles. The van der Waals surface area contributed by atoms with Crippen LogP contribution < -0.4 is 5.32 Å². The summed E-state index contributed by atoms with van der Waals surface area (Å²) in [6, 6.07) is 0. The first kappa shape index (κ1) is 14.9. The topological polar surface area (TPSA) is 47.6 Å². The Morgan fingerprint density at radius 2 is 2.13 bits per heavy atom. The van der Waals surface area contributed by atoms with Gasteiger partial charge in [-0.25, -0.2) is 0 Å². The number of hydrogen-bond acceptors (Lipinski definition) is 3. The van der Waals surface area contributed by atoms with Gasteiger partial charge >= 0.3 is 0 Å². The van der Waals surface area contributed by atoms with Crippen LogP contribution in [0.2, 0.25) is 0 Å². The van der Waals surface area contributed by atoms with Crippen molar-refractivity contribution in [1.29, 1.82) is 0 Å². The molecule has 4 nitrogen and oxygen atoms in total. The van der Waals surface area contributed by atoms with E-state index in [0.717, 1.165) is 11.8 Å². The molecule has 0 heterocycles. The monoisotopic (exact) mass is 281 g/mol. The lowest BCUT2D eigenvalue weighted by Crippen LogP contribution is -2.30. The van der Waals surface area contributed by atoms with Gasteiger partial charge in [-0.3, -0.25) is 4.79 Å². The van der Waals surface area contributed by atoms with Gasteiger partial charge in [-0.1, -0.05) is 15.9 Å². The molecule has 0 unspecified atom stereocenters. The molecule has 90 valence electrons. The summed E-state index contributed by atoms with van der Waals surface area (Å²) in [5.41, 5.74) is 0. The van der Waals surface area contributed by atoms with Gasteiger partial charge in [0.25, 0.3) is 0 Å². The van der Waals surface area contributed by atoms with E-state index in [4.69, 9.17) is 9.47 Å². The van der Waals surface area contributed by atoms with Crippen molar-refractivity contribution in [3.8, 4) is 0 Å². The molecular weight excluding hydrogens is 262 g/mol. The number of hydrogen-bond donors (Lipinski definition) is 1. The summed E-state index contributed by atoms with van der Waals surface area (Å²) in [7, 11) is 0. The lowest BCUT2D eigenvalue weighted by Gasteiger charge is -2.08. The predicted molar refractivity (Wildman–Crippen MR) is 63.3 cm³/mol. The van der Waals surface area contributed by atoms with Gasteiger partial charge in [-0.15, -0.1) is 0 Å². The smallest absolute Gasteiger partial charge is 0.246 e. The van der Waals surface area contributed by atoms with Crippen molar-refractivity contribution in [2.75, 3.05) is 31.7 Å². The highest BCUT2D eigenvalue weighted by Crippen LogP contribution is 1.87. The molecule has 0 bridgehead atoms. The van der Waals surface area contributed by atoms with Gasteiger partial charge in [0.05, 0.1) is 12.7 Å². The molecular formula is C10H20BrNO3. The summed E-state index contributed by atoms with van der Waals surface area (Å²) < 4.78 is 10.4. The van der Waals surface area contributed by atoms with Gasteiger partial charge in [0.1, 0.15) is 6.61 Å². The van der Waals surface area contributed by atoms with E-state index in [9.17, 15) is 4.79 Å². The average molecular weight is 282 g/mol. The zero-order chi connectivity index (χ0) is 11.5. The lowest BCUT2D eigenvalue weighted by molar-refractivity contribution is -0.127. The Kier molecular flexibility index (Phi) is 10.3. The fourth-order valence-corrected chi connectivity index (χ4v) is 1.08. The molecule has 5 heteroatoms. The molecule has 15 heavy (non-hydrogen) atoms. The number of halogens is 1. The van der Waals surface area contributed by atoms with Crippen LogP contribution >= 0.6 is 15.9 Å². The van der Waals surface area contributed by atoms with Crippen LogP contribution in [-0.4, -0.2) is 43.7 Å². The maximum Gasteiger partial charge on any atom is 0.246 e. The summed E-state index contributed by atoms with van der Waals surface area (Å²) in [5.74, 6) is -0.0656. The first-order valence-electron chi connectivity index (χ1n) is 5.18. The Morgan fingerprint density at radius 1 is 1.40 bits per heavy atom. The van der Waals surface area contributed by atoms with Crippen molar-refractivity contribution in [2.45, 2.75) is 26.4 Å². The Balaban J connectivity index is 3.17. The van der Waals surface area contributed by atoms with E-state index in [1.165, 1.54) is 0 Å². The van der Waals surface area contributed by atoms with Gasteiger partial charge in [0.15, 0.2) is 0 Å². The van der Waals surface area contributed by atoms with Crippen molar-refractivity contribution in [3.05, 3.63) is 0 Å². The molecule has 0 aromatic carbocycles. The van der Waals surface area contributed by atoms with Crippen LogP contribution in [0, 0.1) is 0 Å². The molecule has 0 radical (unpaired) electrons. The fourth-order valence-electron chi connectivity index (χ4n) is 0.852. The van der Waals surface area contributed by atoms with Gasteiger partial charge in [0.2, 0.25) is 5.91 Å². The summed E-state index contributed by atoms with van der Waals surface area (Å²) in [6.45, 7) is 5.98. The van der Waals surface area contributed by atoms with Crippen LogP contribution in [0.15, 0.2) is 0 Å². The molecule has 0 saturated heterocycles. The second kappa shape index (κ2) is 10.4. The summed E-state index contributed by atoms with van der Waals surface area (Å²) in [5, 5.41) is 3.61. The number of alkyl halides is 1. The van der Waals surface area contributed by atoms with E-state index in [1.807, 2.05) is 13.8 Å². The van der Waals surface area contributed by atoms with E-state index in [0.29, 0.717) is 19.8 Å². The highest BCUT2D eigenvalue weighted by atomic mass is 79.9. The first-order valence-corrected chi connectivity index (χ1v) is 6.31. The molecule has 0 atom stereocenters. The van der Waals surface area contributed by atoms with E-state index >= 15 is 0 Å². The van der Waals surface area contributed by atoms with Crippen LogP contribution in [-0.2, 0) is 14.3 Å². The molecule has 0 aliphatic carbocycles. The highest BCUT2D eigenvalue weighted by molar-refractivity contribution is 9.09. The van der Waals surface area contributed by atoms with Gasteiger partial charge in [0, 0.05) is 18.5 Å². The van der Waals surface area contributed by atoms with Crippen LogP contribution in [0.5, 0.6) is 0 Å². The first-order chi connectivity index (χ1) is 7.16. The second-order valence-electron chi connectivity index (χ2n) is 3.36.